The third-order valence-corrected chi connectivity index (χ3v) is 3.67. The van der Waals surface area contributed by atoms with Gasteiger partial charge in [-0.15, -0.1) is 0 Å². The molecule has 25 heavy (non-hydrogen) atoms. The number of benzene rings is 1. The molecule has 1 aromatic carbocycles. The summed E-state index contributed by atoms with van der Waals surface area (Å²) in [7, 11) is 0. The van der Waals surface area contributed by atoms with Gasteiger partial charge in [0.25, 0.3) is 5.88 Å². The molecule has 0 radical (unpaired) electrons. The molecular weight excluding hydrogens is 347 g/mol. The predicted molar refractivity (Wildman–Crippen MR) is 92.0 cm³/mol. The number of hydrogen-bond acceptors (Lipinski definition) is 5. The predicted octanol–water partition coefficient (Wildman–Crippen LogP) is 2.85. The first-order valence-electron chi connectivity index (χ1n) is 7.53. The van der Waals surface area contributed by atoms with Crippen LogP contribution in [0, 0.1) is 5.82 Å². The fourth-order valence-corrected chi connectivity index (χ4v) is 2.36. The number of aliphatic hydroxyl groups is 1. The quantitative estimate of drug-likeness (QED) is 0.704. The molecule has 1 atom stereocenters. The van der Waals surface area contributed by atoms with Crippen LogP contribution in [-0.4, -0.2) is 32.5 Å². The van der Waals surface area contributed by atoms with Crippen LogP contribution in [0.25, 0.3) is 11.1 Å². The van der Waals surface area contributed by atoms with E-state index in [0.717, 1.165) is 17.2 Å². The molecule has 0 amide bonds. The summed E-state index contributed by atoms with van der Waals surface area (Å²) in [6.07, 6.45) is 4.87. The number of halogens is 2. The van der Waals surface area contributed by atoms with Crippen molar-refractivity contribution in [3.8, 4) is 22.8 Å². The smallest absolute Gasteiger partial charge is 0.255 e. The van der Waals surface area contributed by atoms with E-state index in [1.807, 2.05) is 18.3 Å². The van der Waals surface area contributed by atoms with Gasteiger partial charge in [0.1, 0.15) is 5.75 Å². The monoisotopic (exact) mass is 362 g/mol. The summed E-state index contributed by atoms with van der Waals surface area (Å²) >= 11 is 5.66. The summed E-state index contributed by atoms with van der Waals surface area (Å²) in [5.41, 5.74) is 7.51. The summed E-state index contributed by atoms with van der Waals surface area (Å²) < 4.78 is 20.8. The molecule has 8 heteroatoms. The zero-order chi connectivity index (χ0) is 17.8. The number of rotatable bonds is 6. The molecule has 3 aromatic rings. The third kappa shape index (κ3) is 4.33. The Morgan fingerprint density at radius 3 is 2.68 bits per heavy atom. The maximum absolute atomic E-state index is 13.7. The van der Waals surface area contributed by atoms with E-state index in [1.54, 1.807) is 23.0 Å². The van der Waals surface area contributed by atoms with Crippen LogP contribution in [-0.2, 0) is 6.54 Å². The fourth-order valence-electron chi connectivity index (χ4n) is 2.21. The number of nitrogens with two attached hydrogens (primary N) is 1. The normalized spacial score (nSPS) is 12.2. The summed E-state index contributed by atoms with van der Waals surface area (Å²) in [4.78, 5) is 3.82. The summed E-state index contributed by atoms with van der Waals surface area (Å²) in [5.74, 6) is -0.312. The highest BCUT2D eigenvalue weighted by Crippen LogP contribution is 2.27. The second-order valence-corrected chi connectivity index (χ2v) is 5.90. The van der Waals surface area contributed by atoms with Gasteiger partial charge >= 0.3 is 0 Å². The van der Waals surface area contributed by atoms with Gasteiger partial charge in [-0.2, -0.15) is 5.10 Å². The molecule has 6 nitrogen and oxygen atoms in total. The molecule has 0 saturated carbocycles. The largest absolute Gasteiger partial charge is 0.436 e. The number of hydrogen-bond donors (Lipinski definition) is 2. The number of aliphatic hydroxyl groups excluding tert-OH is 1. The highest BCUT2D eigenvalue weighted by molar-refractivity contribution is 6.30. The highest BCUT2D eigenvalue weighted by atomic mass is 35.5. The van der Waals surface area contributed by atoms with Gasteiger partial charge in [-0.1, -0.05) is 23.7 Å². The van der Waals surface area contributed by atoms with Crippen LogP contribution in [0.2, 0.25) is 5.02 Å². The molecule has 2 aromatic heterocycles. The zero-order valence-electron chi connectivity index (χ0n) is 13.1. The molecule has 130 valence electrons. The molecular formula is C17H16ClFN4O2. The standard InChI is InChI=1S/C17H16ClFN4O2/c18-13-5-16(19)17(21-7-13)25-15-3-1-11(2-4-15)12-6-22-23(8-12)9-14(20)10-24/h1-8,14,24H,9-10,20H2/t14-/m0/s1. The topological polar surface area (TPSA) is 86.2 Å². The lowest BCUT2D eigenvalue weighted by atomic mass is 10.1. The van der Waals surface area contributed by atoms with Crippen LogP contribution in [0.15, 0.2) is 48.9 Å². The Balaban J connectivity index is 1.72. The second-order valence-electron chi connectivity index (χ2n) is 5.46. The molecule has 0 unspecified atom stereocenters. The summed E-state index contributed by atoms with van der Waals surface area (Å²) in [5, 5.41) is 13.4. The Labute approximate surface area is 148 Å². The minimum Gasteiger partial charge on any atom is -0.436 e. The first kappa shape index (κ1) is 17.3. The van der Waals surface area contributed by atoms with Crippen LogP contribution in [0.5, 0.6) is 11.6 Å². The van der Waals surface area contributed by atoms with E-state index in [0.29, 0.717) is 12.3 Å². The van der Waals surface area contributed by atoms with E-state index >= 15 is 0 Å². The first-order chi connectivity index (χ1) is 12.0. The van der Waals surface area contributed by atoms with Crippen LogP contribution < -0.4 is 10.5 Å². The Morgan fingerprint density at radius 2 is 2.00 bits per heavy atom. The van der Waals surface area contributed by atoms with Crippen LogP contribution >= 0.6 is 11.6 Å². The average Bonchev–Trinajstić information content (AvgIpc) is 3.06. The van der Waals surface area contributed by atoms with Crippen LogP contribution in [0.1, 0.15) is 0 Å². The lowest BCUT2D eigenvalue weighted by molar-refractivity contribution is 0.250. The minimum absolute atomic E-state index is 0.101. The van der Waals surface area contributed by atoms with Crippen LogP contribution in [0.4, 0.5) is 4.39 Å². The van der Waals surface area contributed by atoms with Crippen molar-refractivity contribution in [2.75, 3.05) is 6.61 Å². The lowest BCUT2D eigenvalue weighted by Crippen LogP contribution is -2.29. The lowest BCUT2D eigenvalue weighted by Gasteiger charge is -2.07. The molecule has 0 aliphatic carbocycles. The van der Waals surface area contributed by atoms with Gasteiger partial charge in [0.15, 0.2) is 5.82 Å². The maximum Gasteiger partial charge on any atom is 0.255 e. The van der Waals surface area contributed by atoms with Crippen molar-refractivity contribution in [1.29, 1.82) is 0 Å². The Morgan fingerprint density at radius 1 is 1.24 bits per heavy atom. The van der Waals surface area contributed by atoms with E-state index in [2.05, 4.69) is 10.1 Å². The zero-order valence-corrected chi connectivity index (χ0v) is 13.9. The Hall–Kier alpha value is -2.48. The molecule has 0 saturated heterocycles. The average molecular weight is 363 g/mol. The molecule has 0 spiro atoms. The van der Waals surface area contributed by atoms with Gasteiger partial charge < -0.3 is 15.6 Å². The van der Waals surface area contributed by atoms with E-state index in [1.165, 1.54) is 6.20 Å². The van der Waals surface area contributed by atoms with Crippen molar-refractivity contribution >= 4 is 11.6 Å². The van der Waals surface area contributed by atoms with E-state index in [-0.39, 0.29) is 23.6 Å². The van der Waals surface area contributed by atoms with Crippen molar-refractivity contribution in [3.05, 3.63) is 59.8 Å². The van der Waals surface area contributed by atoms with E-state index in [9.17, 15) is 4.39 Å². The fraction of sp³-hybridized carbons (Fsp3) is 0.176. The van der Waals surface area contributed by atoms with E-state index < -0.39 is 5.82 Å². The second kappa shape index (κ2) is 7.60. The first-order valence-corrected chi connectivity index (χ1v) is 7.91. The summed E-state index contributed by atoms with van der Waals surface area (Å²) in [6, 6.07) is 7.87. The van der Waals surface area contributed by atoms with Crippen molar-refractivity contribution in [2.45, 2.75) is 12.6 Å². The molecule has 2 heterocycles. The molecule has 3 rings (SSSR count). The number of pyridine rings is 1. The highest BCUT2D eigenvalue weighted by Gasteiger charge is 2.09. The number of nitrogens with zero attached hydrogens (tertiary/aromatic N) is 3. The van der Waals surface area contributed by atoms with Crippen LogP contribution in [0.3, 0.4) is 0 Å². The summed E-state index contributed by atoms with van der Waals surface area (Å²) in [6.45, 7) is 0.329. The van der Waals surface area contributed by atoms with Crippen molar-refractivity contribution < 1.29 is 14.2 Å². The SMILES string of the molecule is N[C@H](CO)Cn1cc(-c2ccc(Oc3ncc(Cl)cc3F)cc2)cn1. The van der Waals surface area contributed by atoms with Gasteiger partial charge in [0.05, 0.1) is 24.4 Å². The maximum atomic E-state index is 13.7. The minimum atomic E-state index is -0.627. The van der Waals surface area contributed by atoms with Crippen molar-refractivity contribution in [2.24, 2.45) is 5.73 Å². The van der Waals surface area contributed by atoms with Gasteiger partial charge in [-0.25, -0.2) is 9.37 Å². The van der Waals surface area contributed by atoms with Crippen molar-refractivity contribution in [1.82, 2.24) is 14.8 Å². The Bertz CT molecular complexity index is 854. The van der Waals surface area contributed by atoms with Crippen molar-refractivity contribution in [3.63, 3.8) is 0 Å². The van der Waals surface area contributed by atoms with Gasteiger partial charge in [-0.05, 0) is 23.8 Å². The van der Waals surface area contributed by atoms with E-state index in [4.69, 9.17) is 27.2 Å². The van der Waals surface area contributed by atoms with Gasteiger partial charge in [-0.3, -0.25) is 4.68 Å². The van der Waals surface area contributed by atoms with Gasteiger partial charge in [0.2, 0.25) is 0 Å². The molecule has 3 N–H and O–H groups in total. The number of ether oxygens (including phenoxy) is 1. The molecule has 0 fully saturated rings. The van der Waals surface area contributed by atoms with Gasteiger partial charge in [0, 0.05) is 24.0 Å². The Kier molecular flexibility index (Phi) is 5.28. The third-order valence-electron chi connectivity index (χ3n) is 3.47. The molecule has 0 aliphatic rings. The molecule has 0 bridgehead atoms. The number of aromatic nitrogens is 3. The molecule has 0 aliphatic heterocycles.